The smallest absolute Gasteiger partial charge is 0.326 e. The number of rotatable bonds is 13. The Balaban J connectivity index is 1.63. The number of aliphatic carboxylic acids is 1. The Hall–Kier alpha value is -3.84. The normalized spacial score (nSPS) is 14.4. The first-order chi connectivity index (χ1) is 18.1. The van der Waals surface area contributed by atoms with Crippen LogP contribution in [0.15, 0.2) is 43.0 Å². The monoisotopic (exact) mass is 543 g/mol. The summed E-state index contributed by atoms with van der Waals surface area (Å²) in [5, 5.41) is 18.3. The minimum absolute atomic E-state index is 0.0389. The standard InChI is InChI=1S/C25H33N7O5S/c1-13(2)21(32-22(33)17(26)8-15-10-27-12-29-15)24(35)31-20(11-38)23(34)30-19(25(36)37)7-14-9-28-18-6-4-3-5-16(14)18/h3-6,9-10,12-13,17,19-21,28,38H,7-8,11,26H2,1-2H3,(H,27,29)(H,30,34)(H,31,35)(H,32,33)(H,36,37). The van der Waals surface area contributed by atoms with Gasteiger partial charge in [0.25, 0.3) is 0 Å². The number of carboxylic acids is 1. The van der Waals surface area contributed by atoms with Gasteiger partial charge in [0.1, 0.15) is 18.1 Å². The summed E-state index contributed by atoms with van der Waals surface area (Å²) >= 11 is 4.17. The number of fused-ring (bicyclic) bond motifs is 1. The van der Waals surface area contributed by atoms with Gasteiger partial charge in [0, 0.05) is 47.6 Å². The van der Waals surface area contributed by atoms with Crippen LogP contribution in [-0.4, -0.2) is 73.7 Å². The fraction of sp³-hybridized carbons (Fsp3) is 0.400. The Bertz CT molecular complexity index is 1260. The van der Waals surface area contributed by atoms with Gasteiger partial charge < -0.3 is 36.8 Å². The molecule has 0 spiro atoms. The van der Waals surface area contributed by atoms with Crippen molar-refractivity contribution in [1.29, 1.82) is 0 Å². The largest absolute Gasteiger partial charge is 0.480 e. The number of aromatic amines is 2. The third kappa shape index (κ3) is 7.35. The molecule has 2 aromatic heterocycles. The number of carbonyl (C=O) groups is 4. The van der Waals surface area contributed by atoms with Crippen molar-refractivity contribution < 1.29 is 24.3 Å². The molecular weight excluding hydrogens is 510 g/mol. The second kappa shape index (κ2) is 13.1. The molecule has 38 heavy (non-hydrogen) atoms. The molecule has 4 atom stereocenters. The van der Waals surface area contributed by atoms with E-state index in [-0.39, 0.29) is 24.5 Å². The van der Waals surface area contributed by atoms with Crippen molar-refractivity contribution in [2.45, 2.75) is 50.9 Å². The summed E-state index contributed by atoms with van der Waals surface area (Å²) < 4.78 is 0. The number of nitrogens with zero attached hydrogens (tertiary/aromatic N) is 1. The Morgan fingerprint density at radius 3 is 2.34 bits per heavy atom. The maximum Gasteiger partial charge on any atom is 0.326 e. The molecule has 0 saturated carbocycles. The fourth-order valence-corrected chi connectivity index (χ4v) is 4.23. The summed E-state index contributed by atoms with van der Waals surface area (Å²) in [5.41, 5.74) is 8.23. The lowest BCUT2D eigenvalue weighted by molar-refractivity contribution is -0.142. The van der Waals surface area contributed by atoms with Crippen LogP contribution in [-0.2, 0) is 32.0 Å². The fourth-order valence-electron chi connectivity index (χ4n) is 3.97. The first-order valence-electron chi connectivity index (χ1n) is 12.1. The van der Waals surface area contributed by atoms with Gasteiger partial charge in [-0.15, -0.1) is 0 Å². The van der Waals surface area contributed by atoms with Crippen molar-refractivity contribution in [1.82, 2.24) is 30.9 Å². The molecule has 0 radical (unpaired) electrons. The lowest BCUT2D eigenvalue weighted by atomic mass is 10.0. The van der Waals surface area contributed by atoms with Gasteiger partial charge in [-0.1, -0.05) is 32.0 Å². The van der Waals surface area contributed by atoms with Crippen LogP contribution >= 0.6 is 12.6 Å². The molecule has 0 fully saturated rings. The number of thiol groups is 1. The number of hydrogen-bond acceptors (Lipinski definition) is 7. The Morgan fingerprint density at radius 2 is 1.71 bits per heavy atom. The van der Waals surface area contributed by atoms with Gasteiger partial charge in [-0.25, -0.2) is 9.78 Å². The number of carbonyl (C=O) groups excluding carboxylic acids is 3. The molecule has 3 aromatic rings. The van der Waals surface area contributed by atoms with Crippen molar-refractivity contribution in [3.63, 3.8) is 0 Å². The van der Waals surface area contributed by atoms with E-state index in [1.807, 2.05) is 24.3 Å². The predicted octanol–water partition coefficient (Wildman–Crippen LogP) is 0.128. The molecular formula is C25H33N7O5S. The molecule has 0 aliphatic heterocycles. The lowest BCUT2D eigenvalue weighted by Crippen LogP contribution is -2.59. The van der Waals surface area contributed by atoms with E-state index < -0.39 is 47.9 Å². The highest BCUT2D eigenvalue weighted by Gasteiger charge is 2.31. The maximum atomic E-state index is 13.0. The zero-order valence-electron chi connectivity index (χ0n) is 21.1. The van der Waals surface area contributed by atoms with Crippen molar-refractivity contribution in [2.24, 2.45) is 11.7 Å². The Morgan fingerprint density at radius 1 is 1.00 bits per heavy atom. The van der Waals surface area contributed by atoms with Crippen molar-refractivity contribution in [3.05, 3.63) is 54.2 Å². The number of nitrogens with one attached hydrogen (secondary N) is 5. The van der Waals surface area contributed by atoms with Crippen molar-refractivity contribution in [3.8, 4) is 0 Å². The van der Waals surface area contributed by atoms with Gasteiger partial charge in [0.05, 0.1) is 12.4 Å². The summed E-state index contributed by atoms with van der Waals surface area (Å²) in [4.78, 5) is 60.4. The van der Waals surface area contributed by atoms with E-state index in [1.165, 1.54) is 6.33 Å². The first kappa shape index (κ1) is 28.7. The van der Waals surface area contributed by atoms with Gasteiger partial charge in [-0.3, -0.25) is 14.4 Å². The van der Waals surface area contributed by atoms with E-state index in [1.54, 1.807) is 26.2 Å². The highest BCUT2D eigenvalue weighted by Crippen LogP contribution is 2.19. The Labute approximate surface area is 225 Å². The molecule has 3 amide bonds. The molecule has 0 bridgehead atoms. The topological polar surface area (TPSA) is 195 Å². The van der Waals surface area contributed by atoms with Crippen LogP contribution in [0.4, 0.5) is 0 Å². The van der Waals surface area contributed by atoms with Crippen LogP contribution in [0.3, 0.4) is 0 Å². The Kier molecular flexibility index (Phi) is 9.91. The molecule has 0 aliphatic rings. The molecule has 204 valence electrons. The average molecular weight is 544 g/mol. The van der Waals surface area contributed by atoms with Gasteiger partial charge in [-0.2, -0.15) is 12.6 Å². The predicted molar refractivity (Wildman–Crippen MR) is 144 cm³/mol. The SMILES string of the molecule is CC(C)C(NC(=O)C(N)Cc1cnc[nH]1)C(=O)NC(CS)C(=O)NC(Cc1c[nH]c2ccccc12)C(=O)O. The highest BCUT2D eigenvalue weighted by molar-refractivity contribution is 7.80. The number of aromatic nitrogens is 3. The van der Waals surface area contributed by atoms with E-state index in [0.29, 0.717) is 5.69 Å². The zero-order chi connectivity index (χ0) is 27.8. The van der Waals surface area contributed by atoms with Crippen LogP contribution in [0.1, 0.15) is 25.1 Å². The summed E-state index contributed by atoms with van der Waals surface area (Å²) in [7, 11) is 0. The van der Waals surface area contributed by atoms with E-state index in [9.17, 15) is 24.3 Å². The minimum Gasteiger partial charge on any atom is -0.480 e. The number of hydrogen-bond donors (Lipinski definition) is 8. The van der Waals surface area contributed by atoms with Crippen LogP contribution in [0.5, 0.6) is 0 Å². The second-order valence-corrected chi connectivity index (χ2v) is 9.69. The number of nitrogens with two attached hydrogens (primary N) is 1. The summed E-state index contributed by atoms with van der Waals surface area (Å²) in [6, 6.07) is 3.16. The minimum atomic E-state index is -1.23. The highest BCUT2D eigenvalue weighted by atomic mass is 32.1. The quantitative estimate of drug-likeness (QED) is 0.140. The summed E-state index contributed by atoms with van der Waals surface area (Å²) in [5.74, 6) is -3.48. The van der Waals surface area contributed by atoms with Crippen LogP contribution in [0, 0.1) is 5.92 Å². The first-order valence-corrected chi connectivity index (χ1v) is 12.8. The number of benzene rings is 1. The molecule has 1 aromatic carbocycles. The molecule has 0 saturated heterocycles. The molecule has 4 unspecified atom stereocenters. The van der Waals surface area contributed by atoms with Crippen LogP contribution in [0.25, 0.3) is 10.9 Å². The maximum absolute atomic E-state index is 13.0. The van der Waals surface area contributed by atoms with Gasteiger partial charge in [0.15, 0.2) is 0 Å². The second-order valence-electron chi connectivity index (χ2n) is 9.32. The van der Waals surface area contributed by atoms with E-state index >= 15 is 0 Å². The molecule has 12 nitrogen and oxygen atoms in total. The van der Waals surface area contributed by atoms with E-state index in [0.717, 1.165) is 16.5 Å². The molecule has 3 rings (SSSR count). The summed E-state index contributed by atoms with van der Waals surface area (Å²) in [6.07, 6.45) is 4.97. The number of imidazole rings is 1. The van der Waals surface area contributed by atoms with E-state index in [4.69, 9.17) is 5.73 Å². The van der Waals surface area contributed by atoms with Gasteiger partial charge in [-0.05, 0) is 17.5 Å². The zero-order valence-corrected chi connectivity index (χ0v) is 22.0. The third-order valence-corrected chi connectivity index (χ3v) is 6.47. The lowest BCUT2D eigenvalue weighted by Gasteiger charge is -2.26. The number of amides is 3. The average Bonchev–Trinajstić information content (AvgIpc) is 3.54. The summed E-state index contributed by atoms with van der Waals surface area (Å²) in [6.45, 7) is 3.48. The van der Waals surface area contributed by atoms with Gasteiger partial charge >= 0.3 is 5.97 Å². The molecule has 13 heteroatoms. The van der Waals surface area contributed by atoms with Crippen molar-refractivity contribution in [2.75, 3.05) is 5.75 Å². The van der Waals surface area contributed by atoms with Gasteiger partial charge in [0.2, 0.25) is 17.7 Å². The third-order valence-electron chi connectivity index (χ3n) is 6.11. The number of H-pyrrole nitrogens is 2. The molecule has 0 aliphatic carbocycles. The molecule has 8 N–H and O–H groups in total. The molecule has 2 heterocycles. The van der Waals surface area contributed by atoms with Crippen LogP contribution < -0.4 is 21.7 Å². The van der Waals surface area contributed by atoms with E-state index in [2.05, 4.69) is 43.5 Å². The number of para-hydroxylation sites is 1. The number of carboxylic acid groups (broad SMARTS) is 1. The van der Waals surface area contributed by atoms with Crippen molar-refractivity contribution >= 4 is 47.2 Å². The van der Waals surface area contributed by atoms with Crippen LogP contribution in [0.2, 0.25) is 0 Å².